The fraction of sp³-hybridized carbons (Fsp3) is 0.308. The van der Waals surface area contributed by atoms with E-state index in [2.05, 4.69) is 37.2 Å². The van der Waals surface area contributed by atoms with Gasteiger partial charge in [-0.3, -0.25) is 4.79 Å². The molecule has 114 valence electrons. The van der Waals surface area contributed by atoms with Crippen molar-refractivity contribution >= 4 is 39.4 Å². The Hall–Kier alpha value is -2.55. The molecule has 3 aromatic rings. The Labute approximate surface area is 130 Å². The second-order valence-electron chi connectivity index (χ2n) is 4.69. The molecule has 0 aliphatic carbocycles. The first kappa shape index (κ1) is 14.4. The lowest BCUT2D eigenvalue weighted by molar-refractivity contribution is -0.114. The summed E-state index contributed by atoms with van der Waals surface area (Å²) in [6, 6.07) is 0. The van der Waals surface area contributed by atoms with Crippen molar-refractivity contribution in [1.82, 2.24) is 24.9 Å². The monoisotopic (exact) mass is 317 g/mol. The van der Waals surface area contributed by atoms with Crippen molar-refractivity contribution in [2.45, 2.75) is 13.3 Å². The van der Waals surface area contributed by atoms with Crippen LogP contribution in [0.25, 0.3) is 11.2 Å². The molecule has 0 unspecified atom stereocenters. The molecule has 0 aliphatic rings. The molecule has 0 spiro atoms. The largest absolute Gasteiger partial charge is 0.348 e. The highest BCUT2D eigenvalue weighted by atomic mass is 32.1. The van der Waals surface area contributed by atoms with Gasteiger partial charge in [-0.1, -0.05) is 6.92 Å². The third kappa shape index (κ3) is 2.89. The Balaban J connectivity index is 1.69. The Morgan fingerprint density at radius 1 is 1.36 bits per heavy atom. The molecule has 0 aromatic carbocycles. The lowest BCUT2D eigenvalue weighted by Gasteiger charge is -2.17. The van der Waals surface area contributed by atoms with Crippen LogP contribution in [0.3, 0.4) is 0 Å². The Morgan fingerprint density at radius 3 is 3.00 bits per heavy atom. The third-order valence-corrected chi connectivity index (χ3v) is 4.15. The number of thiazole rings is 1. The number of rotatable bonds is 5. The second-order valence-corrected chi connectivity index (χ2v) is 5.80. The predicted molar refractivity (Wildman–Crippen MR) is 85.1 cm³/mol. The summed E-state index contributed by atoms with van der Waals surface area (Å²) in [5.41, 5.74) is 1.28. The molecule has 0 saturated heterocycles. The van der Waals surface area contributed by atoms with Crippen LogP contribution in [0.2, 0.25) is 0 Å². The highest BCUT2D eigenvalue weighted by Gasteiger charge is 2.14. The fourth-order valence-electron chi connectivity index (χ4n) is 2.02. The standard InChI is InChI=1S/C13H15N7OS/c1-3-8-4-14-13(22-8)19-9(21)5-20(2)12-10-11(16-6-15-10)17-7-18-12/h4,6-7H,3,5H2,1-2H3,(H,14,19,21)(H,15,16,17,18). The highest BCUT2D eigenvalue weighted by molar-refractivity contribution is 7.15. The SMILES string of the molecule is CCc1cnc(NC(=O)CN(C)c2ncnc3nc[nH]c23)s1. The van der Waals surface area contributed by atoms with Gasteiger partial charge in [-0.25, -0.2) is 19.9 Å². The van der Waals surface area contributed by atoms with E-state index >= 15 is 0 Å². The third-order valence-electron chi connectivity index (χ3n) is 3.09. The zero-order valence-electron chi connectivity index (χ0n) is 12.2. The normalized spacial score (nSPS) is 10.8. The van der Waals surface area contributed by atoms with Gasteiger partial charge >= 0.3 is 0 Å². The lowest BCUT2D eigenvalue weighted by Crippen LogP contribution is -2.30. The number of fused-ring (bicyclic) bond motifs is 1. The predicted octanol–water partition coefficient (Wildman–Crippen LogP) is 1.45. The average molecular weight is 317 g/mol. The molecule has 2 N–H and O–H groups in total. The van der Waals surface area contributed by atoms with Crippen LogP contribution in [-0.2, 0) is 11.2 Å². The first-order chi connectivity index (χ1) is 10.7. The Morgan fingerprint density at radius 2 is 2.23 bits per heavy atom. The maximum Gasteiger partial charge on any atom is 0.245 e. The van der Waals surface area contributed by atoms with E-state index in [0.717, 1.165) is 11.3 Å². The molecule has 8 nitrogen and oxygen atoms in total. The minimum absolute atomic E-state index is 0.147. The minimum atomic E-state index is -0.147. The second kappa shape index (κ2) is 6.06. The number of hydrogen-bond donors (Lipinski definition) is 2. The summed E-state index contributed by atoms with van der Waals surface area (Å²) in [5, 5.41) is 3.41. The van der Waals surface area contributed by atoms with E-state index in [1.54, 1.807) is 24.5 Å². The number of carbonyl (C=O) groups is 1. The van der Waals surface area contributed by atoms with Gasteiger partial charge in [-0.15, -0.1) is 11.3 Å². The number of imidazole rings is 1. The molecule has 0 bridgehead atoms. The lowest BCUT2D eigenvalue weighted by atomic mass is 10.4. The van der Waals surface area contributed by atoms with Crippen LogP contribution in [-0.4, -0.2) is 44.4 Å². The number of nitrogens with one attached hydrogen (secondary N) is 2. The summed E-state index contributed by atoms with van der Waals surface area (Å²) in [6.45, 7) is 2.21. The van der Waals surface area contributed by atoms with Crippen molar-refractivity contribution in [2.24, 2.45) is 0 Å². The van der Waals surface area contributed by atoms with Crippen LogP contribution in [0.1, 0.15) is 11.8 Å². The molecule has 9 heteroatoms. The zero-order chi connectivity index (χ0) is 15.5. The quantitative estimate of drug-likeness (QED) is 0.739. The molecule has 3 rings (SSSR count). The molecular weight excluding hydrogens is 302 g/mol. The highest BCUT2D eigenvalue weighted by Crippen LogP contribution is 2.20. The van der Waals surface area contributed by atoms with Crippen LogP contribution < -0.4 is 10.2 Å². The van der Waals surface area contributed by atoms with E-state index < -0.39 is 0 Å². The molecule has 0 radical (unpaired) electrons. The maximum atomic E-state index is 12.1. The number of aryl methyl sites for hydroxylation is 1. The van der Waals surface area contributed by atoms with Gasteiger partial charge in [0, 0.05) is 18.1 Å². The molecular formula is C13H15N7OS. The summed E-state index contributed by atoms with van der Waals surface area (Å²) in [5.74, 6) is 0.483. The smallest absolute Gasteiger partial charge is 0.245 e. The van der Waals surface area contributed by atoms with Crippen molar-refractivity contribution in [3.05, 3.63) is 23.7 Å². The minimum Gasteiger partial charge on any atom is -0.348 e. The van der Waals surface area contributed by atoms with E-state index in [1.165, 1.54) is 17.7 Å². The van der Waals surface area contributed by atoms with Crippen molar-refractivity contribution in [3.8, 4) is 0 Å². The number of carbonyl (C=O) groups excluding carboxylic acids is 1. The number of anilines is 2. The van der Waals surface area contributed by atoms with Crippen molar-refractivity contribution in [1.29, 1.82) is 0 Å². The van der Waals surface area contributed by atoms with Gasteiger partial charge < -0.3 is 15.2 Å². The number of amides is 1. The van der Waals surface area contributed by atoms with E-state index in [9.17, 15) is 4.79 Å². The van der Waals surface area contributed by atoms with Crippen LogP contribution in [0.5, 0.6) is 0 Å². The molecule has 1 amide bonds. The van der Waals surface area contributed by atoms with E-state index in [-0.39, 0.29) is 12.5 Å². The summed E-state index contributed by atoms with van der Waals surface area (Å²) >= 11 is 1.48. The molecule has 0 atom stereocenters. The molecule has 22 heavy (non-hydrogen) atoms. The average Bonchev–Trinajstić information content (AvgIpc) is 3.14. The van der Waals surface area contributed by atoms with Gasteiger partial charge in [0.05, 0.1) is 12.9 Å². The maximum absolute atomic E-state index is 12.1. The summed E-state index contributed by atoms with van der Waals surface area (Å²) in [7, 11) is 1.79. The summed E-state index contributed by atoms with van der Waals surface area (Å²) < 4.78 is 0. The van der Waals surface area contributed by atoms with Gasteiger partial charge in [0.2, 0.25) is 5.91 Å². The van der Waals surface area contributed by atoms with Crippen molar-refractivity contribution in [2.75, 3.05) is 23.8 Å². The Bertz CT molecular complexity index is 796. The first-order valence-electron chi connectivity index (χ1n) is 6.77. The van der Waals surface area contributed by atoms with E-state index in [0.29, 0.717) is 22.1 Å². The summed E-state index contributed by atoms with van der Waals surface area (Å²) in [6.07, 6.45) is 5.68. The van der Waals surface area contributed by atoms with E-state index in [1.807, 2.05) is 0 Å². The van der Waals surface area contributed by atoms with Crippen molar-refractivity contribution < 1.29 is 4.79 Å². The molecule has 3 aromatic heterocycles. The molecule has 3 heterocycles. The number of nitrogens with zero attached hydrogens (tertiary/aromatic N) is 5. The first-order valence-corrected chi connectivity index (χ1v) is 7.58. The van der Waals surface area contributed by atoms with Gasteiger partial charge in [-0.05, 0) is 6.42 Å². The number of hydrogen-bond acceptors (Lipinski definition) is 7. The van der Waals surface area contributed by atoms with Crippen molar-refractivity contribution in [3.63, 3.8) is 0 Å². The number of aromatic nitrogens is 5. The Kier molecular flexibility index (Phi) is 3.96. The molecule has 0 saturated carbocycles. The molecule has 0 aliphatic heterocycles. The van der Waals surface area contributed by atoms with Gasteiger partial charge in [0.15, 0.2) is 16.6 Å². The fourth-order valence-corrected chi connectivity index (χ4v) is 2.79. The molecule has 0 fully saturated rings. The topological polar surface area (TPSA) is 99.7 Å². The van der Waals surface area contributed by atoms with Gasteiger partial charge in [0.1, 0.15) is 11.8 Å². The number of likely N-dealkylation sites (N-methyl/N-ethyl adjacent to an activating group) is 1. The van der Waals surface area contributed by atoms with Gasteiger partial charge in [0.25, 0.3) is 0 Å². The van der Waals surface area contributed by atoms with E-state index in [4.69, 9.17) is 0 Å². The summed E-state index contributed by atoms with van der Waals surface area (Å²) in [4.78, 5) is 34.5. The van der Waals surface area contributed by atoms with Gasteiger partial charge in [-0.2, -0.15) is 0 Å². The number of H-pyrrole nitrogens is 1. The van der Waals surface area contributed by atoms with Crippen LogP contribution in [0, 0.1) is 0 Å². The number of aromatic amines is 1. The van der Waals surface area contributed by atoms with Crippen LogP contribution in [0.15, 0.2) is 18.9 Å². The van der Waals surface area contributed by atoms with Crippen LogP contribution >= 0.6 is 11.3 Å². The zero-order valence-corrected chi connectivity index (χ0v) is 13.0. The van der Waals surface area contributed by atoms with Crippen LogP contribution in [0.4, 0.5) is 10.9 Å².